The highest BCUT2D eigenvalue weighted by molar-refractivity contribution is 6.70. The summed E-state index contributed by atoms with van der Waals surface area (Å²) in [5, 5.41) is 0. The minimum Gasteiger partial charge on any atom is -0.544 e. The van der Waals surface area contributed by atoms with Gasteiger partial charge < -0.3 is 4.43 Å². The molecule has 0 unspecified atom stereocenters. The lowest BCUT2D eigenvalue weighted by Crippen LogP contribution is -2.29. The van der Waals surface area contributed by atoms with Crippen molar-refractivity contribution in [3.63, 3.8) is 0 Å². The number of carbonyl (C=O) groups is 1. The lowest BCUT2D eigenvalue weighted by Gasteiger charge is -2.21. The van der Waals surface area contributed by atoms with Crippen LogP contribution >= 0.6 is 0 Å². The summed E-state index contributed by atoms with van der Waals surface area (Å²) < 4.78 is 5.96. The van der Waals surface area contributed by atoms with E-state index in [1.165, 1.54) is 17.5 Å². The summed E-state index contributed by atoms with van der Waals surface area (Å²) >= 11 is 0. The number of hydrogen-bond donors (Lipinski definition) is 0. The first kappa shape index (κ1) is 11.4. The van der Waals surface area contributed by atoms with Crippen LogP contribution in [-0.4, -0.2) is 14.6 Å². The zero-order valence-corrected chi connectivity index (χ0v) is 11.2. The highest BCUT2D eigenvalue weighted by atomic mass is 28.4. The minimum absolute atomic E-state index is 0.711. The van der Waals surface area contributed by atoms with Crippen molar-refractivity contribution in [2.24, 2.45) is 0 Å². The lowest BCUT2D eigenvalue weighted by molar-refractivity contribution is 0.112. The van der Waals surface area contributed by atoms with E-state index in [0.717, 1.165) is 24.9 Å². The molecule has 1 aliphatic carbocycles. The number of aldehydes is 1. The van der Waals surface area contributed by atoms with Gasteiger partial charge in [-0.05, 0) is 62.2 Å². The third kappa shape index (κ3) is 2.35. The third-order valence-electron chi connectivity index (χ3n) is 2.77. The smallest absolute Gasteiger partial charge is 0.242 e. The summed E-state index contributed by atoms with van der Waals surface area (Å²) in [4.78, 5) is 11.0. The Hall–Kier alpha value is -1.09. The van der Waals surface area contributed by atoms with E-state index >= 15 is 0 Å². The van der Waals surface area contributed by atoms with Crippen molar-refractivity contribution in [1.29, 1.82) is 0 Å². The van der Waals surface area contributed by atoms with Gasteiger partial charge in [-0.3, -0.25) is 4.79 Å². The van der Waals surface area contributed by atoms with Crippen LogP contribution in [0.25, 0.3) is 0 Å². The van der Waals surface area contributed by atoms with E-state index in [-0.39, 0.29) is 0 Å². The predicted molar refractivity (Wildman–Crippen MR) is 67.8 cm³/mol. The van der Waals surface area contributed by atoms with E-state index in [1.54, 1.807) is 0 Å². The van der Waals surface area contributed by atoms with Crippen LogP contribution in [-0.2, 0) is 12.8 Å². The van der Waals surface area contributed by atoms with E-state index in [2.05, 4.69) is 25.7 Å². The summed E-state index contributed by atoms with van der Waals surface area (Å²) in [6.07, 6.45) is 4.33. The highest BCUT2D eigenvalue weighted by Crippen LogP contribution is 2.30. The molecule has 2 nitrogen and oxygen atoms in total. The summed E-state index contributed by atoms with van der Waals surface area (Å²) in [6, 6.07) is 4.08. The second-order valence-corrected chi connectivity index (χ2v) is 9.77. The number of aryl methyl sites for hydroxylation is 2. The molecule has 0 radical (unpaired) electrons. The van der Waals surface area contributed by atoms with Gasteiger partial charge in [-0.1, -0.05) is 0 Å². The van der Waals surface area contributed by atoms with Gasteiger partial charge in [-0.25, -0.2) is 0 Å². The topological polar surface area (TPSA) is 26.3 Å². The molecule has 0 heterocycles. The maximum atomic E-state index is 11.0. The van der Waals surface area contributed by atoms with Crippen LogP contribution in [0.2, 0.25) is 19.6 Å². The van der Waals surface area contributed by atoms with Crippen LogP contribution < -0.4 is 4.43 Å². The predicted octanol–water partition coefficient (Wildman–Crippen LogP) is 3.20. The van der Waals surface area contributed by atoms with E-state index in [1.807, 2.05) is 6.07 Å². The second-order valence-electron chi connectivity index (χ2n) is 5.34. The number of carbonyl (C=O) groups excluding carboxylic acids is 1. The number of rotatable bonds is 3. The Labute approximate surface area is 97.8 Å². The molecule has 2 rings (SSSR count). The molecule has 0 saturated carbocycles. The molecule has 16 heavy (non-hydrogen) atoms. The molecule has 0 aromatic heterocycles. The summed E-state index contributed by atoms with van der Waals surface area (Å²) in [6.45, 7) is 6.40. The third-order valence-corrected chi connectivity index (χ3v) is 3.60. The fraction of sp³-hybridized carbons (Fsp3) is 0.462. The monoisotopic (exact) mass is 234 g/mol. The Morgan fingerprint density at radius 1 is 1.19 bits per heavy atom. The molecule has 1 aliphatic rings. The van der Waals surface area contributed by atoms with Crippen molar-refractivity contribution in [2.75, 3.05) is 0 Å². The molecule has 0 spiro atoms. The van der Waals surface area contributed by atoms with Crippen molar-refractivity contribution < 1.29 is 9.22 Å². The Balaban J connectivity index is 2.40. The van der Waals surface area contributed by atoms with Crippen molar-refractivity contribution in [3.05, 3.63) is 28.8 Å². The molecule has 0 fully saturated rings. The highest BCUT2D eigenvalue weighted by Gasteiger charge is 2.21. The maximum absolute atomic E-state index is 11.0. The minimum atomic E-state index is -1.64. The first-order valence-electron chi connectivity index (χ1n) is 5.79. The molecule has 0 N–H and O–H groups in total. The van der Waals surface area contributed by atoms with Crippen LogP contribution in [0.1, 0.15) is 27.9 Å². The van der Waals surface area contributed by atoms with Crippen molar-refractivity contribution >= 4 is 14.6 Å². The summed E-state index contributed by atoms with van der Waals surface area (Å²) in [5.41, 5.74) is 3.40. The largest absolute Gasteiger partial charge is 0.544 e. The van der Waals surface area contributed by atoms with Gasteiger partial charge in [0, 0.05) is 0 Å². The molecule has 1 aromatic carbocycles. The fourth-order valence-corrected chi connectivity index (χ4v) is 2.97. The molecule has 1 aromatic rings. The van der Waals surface area contributed by atoms with Gasteiger partial charge in [0.25, 0.3) is 0 Å². The molecule has 0 saturated heterocycles. The first-order chi connectivity index (χ1) is 7.49. The van der Waals surface area contributed by atoms with Gasteiger partial charge in [-0.2, -0.15) is 0 Å². The van der Waals surface area contributed by atoms with E-state index in [9.17, 15) is 4.79 Å². The molecule has 0 aliphatic heterocycles. The fourth-order valence-electron chi connectivity index (χ4n) is 2.13. The van der Waals surface area contributed by atoms with Crippen LogP contribution in [0, 0.1) is 0 Å². The Bertz CT molecular complexity index is 419. The number of fused-ring (bicyclic) bond motifs is 1. The van der Waals surface area contributed by atoms with Crippen LogP contribution in [0.3, 0.4) is 0 Å². The molecular formula is C13H18O2Si. The summed E-state index contributed by atoms with van der Waals surface area (Å²) in [5.74, 6) is 0.787. The molecule has 0 amide bonds. The van der Waals surface area contributed by atoms with Crippen molar-refractivity contribution in [1.82, 2.24) is 0 Å². The Morgan fingerprint density at radius 2 is 1.81 bits per heavy atom. The average molecular weight is 234 g/mol. The average Bonchev–Trinajstić information content (AvgIpc) is 2.60. The van der Waals surface area contributed by atoms with Gasteiger partial charge in [-0.15, -0.1) is 0 Å². The molecule has 0 atom stereocenters. The maximum Gasteiger partial charge on any atom is 0.242 e. The zero-order valence-electron chi connectivity index (χ0n) is 10.2. The van der Waals surface area contributed by atoms with Gasteiger partial charge in [0.15, 0.2) is 6.29 Å². The molecule has 3 heteroatoms. The zero-order chi connectivity index (χ0) is 11.8. The Kier molecular flexibility index (Phi) is 2.89. The summed E-state index contributed by atoms with van der Waals surface area (Å²) in [7, 11) is -1.64. The van der Waals surface area contributed by atoms with Gasteiger partial charge in [0.1, 0.15) is 5.75 Å². The Morgan fingerprint density at radius 3 is 2.38 bits per heavy atom. The van der Waals surface area contributed by atoms with E-state index in [4.69, 9.17) is 4.43 Å². The second kappa shape index (κ2) is 4.05. The normalized spacial score (nSPS) is 14.7. The number of hydrogen-bond acceptors (Lipinski definition) is 2. The SMILES string of the molecule is C[Si](C)(C)Oc1cc2c(cc1C=O)CCC2. The molecule has 86 valence electrons. The standard InChI is InChI=1S/C13H18O2Si/c1-16(2,3)15-13-8-11-6-4-5-10(11)7-12(13)9-14/h7-9H,4-6H2,1-3H3. The van der Waals surface area contributed by atoms with Crippen LogP contribution in [0.4, 0.5) is 0 Å². The van der Waals surface area contributed by atoms with Gasteiger partial charge in [0.05, 0.1) is 5.56 Å². The number of benzene rings is 1. The van der Waals surface area contributed by atoms with E-state index < -0.39 is 8.32 Å². The van der Waals surface area contributed by atoms with Crippen molar-refractivity contribution in [2.45, 2.75) is 38.9 Å². The first-order valence-corrected chi connectivity index (χ1v) is 9.20. The molecular weight excluding hydrogens is 216 g/mol. The quantitative estimate of drug-likeness (QED) is 0.593. The van der Waals surface area contributed by atoms with Crippen LogP contribution in [0.15, 0.2) is 12.1 Å². The molecule has 0 bridgehead atoms. The van der Waals surface area contributed by atoms with E-state index in [0.29, 0.717) is 5.56 Å². The van der Waals surface area contributed by atoms with Crippen molar-refractivity contribution in [3.8, 4) is 5.75 Å². The van der Waals surface area contributed by atoms with Crippen LogP contribution in [0.5, 0.6) is 5.75 Å². The van der Waals surface area contributed by atoms with Gasteiger partial charge >= 0.3 is 0 Å². The lowest BCUT2D eigenvalue weighted by atomic mass is 10.1. The van der Waals surface area contributed by atoms with Gasteiger partial charge in [0.2, 0.25) is 8.32 Å².